The van der Waals surface area contributed by atoms with Crippen LogP contribution in [0.4, 0.5) is 11.4 Å². The van der Waals surface area contributed by atoms with Gasteiger partial charge in [-0.15, -0.1) is 0 Å². The third-order valence-corrected chi connectivity index (χ3v) is 5.69. The third kappa shape index (κ3) is 6.82. The van der Waals surface area contributed by atoms with Crippen molar-refractivity contribution in [2.24, 2.45) is 5.41 Å². The molecular weight excluding hydrogens is 436 g/mol. The number of hydrogen-bond donors (Lipinski definition) is 0. The Morgan fingerprint density at radius 2 is 1.46 bits per heavy atom. The molecule has 0 fully saturated rings. The molecule has 1 amide bonds. The van der Waals surface area contributed by atoms with E-state index >= 15 is 0 Å². The van der Waals surface area contributed by atoms with Gasteiger partial charge in [0.2, 0.25) is 5.91 Å². The van der Waals surface area contributed by atoms with Crippen LogP contribution in [0.1, 0.15) is 31.9 Å². The number of benzene rings is 3. The zero-order chi connectivity index (χ0) is 25.6. The van der Waals surface area contributed by atoms with Gasteiger partial charge < -0.3 is 14.5 Å². The van der Waals surface area contributed by atoms with E-state index in [1.165, 1.54) is 13.2 Å². The molecule has 3 rings (SSSR count). The predicted molar refractivity (Wildman–Crippen MR) is 144 cm³/mol. The molecule has 0 spiro atoms. The number of esters is 1. The first-order valence-electron chi connectivity index (χ1n) is 11.6. The molecule has 0 radical (unpaired) electrons. The summed E-state index contributed by atoms with van der Waals surface area (Å²) in [5.74, 6) is -0.399. The molecule has 182 valence electrons. The molecule has 0 saturated heterocycles. The van der Waals surface area contributed by atoms with Gasteiger partial charge in [-0.1, -0.05) is 69.3 Å². The van der Waals surface area contributed by atoms with Crippen LogP contribution in [0.5, 0.6) is 0 Å². The number of carbonyl (C=O) groups is 2. The maximum atomic E-state index is 13.4. The van der Waals surface area contributed by atoms with Crippen molar-refractivity contribution < 1.29 is 14.3 Å². The highest BCUT2D eigenvalue weighted by atomic mass is 16.5. The molecule has 0 aliphatic rings. The number of rotatable bonds is 7. The molecule has 0 bridgehead atoms. The highest BCUT2D eigenvalue weighted by Crippen LogP contribution is 2.28. The van der Waals surface area contributed by atoms with Crippen molar-refractivity contribution >= 4 is 29.3 Å². The fourth-order valence-electron chi connectivity index (χ4n) is 3.65. The molecule has 0 atom stereocenters. The Morgan fingerprint density at radius 1 is 0.857 bits per heavy atom. The monoisotopic (exact) mass is 470 g/mol. The summed E-state index contributed by atoms with van der Waals surface area (Å²) in [5, 5.41) is 0. The van der Waals surface area contributed by atoms with Gasteiger partial charge in [-0.25, -0.2) is 4.79 Å². The standard InChI is InChI=1S/C30H34N2O3/c1-30(2,3)29(34)32(27-9-7-8-22(20-27)12-19-28(33)35-6)21-23-10-13-24(14-11-23)25-15-17-26(18-16-25)31(4)5/h7-20H,21H2,1-6H3/b19-12+. The smallest absolute Gasteiger partial charge is 0.330 e. The maximum Gasteiger partial charge on any atom is 0.330 e. The van der Waals surface area contributed by atoms with Crippen LogP contribution in [0.2, 0.25) is 0 Å². The second kappa shape index (κ2) is 11.0. The molecule has 0 aliphatic carbocycles. The van der Waals surface area contributed by atoms with Gasteiger partial charge in [-0.3, -0.25) is 4.79 Å². The van der Waals surface area contributed by atoms with Crippen LogP contribution >= 0.6 is 0 Å². The summed E-state index contributed by atoms with van der Waals surface area (Å²) >= 11 is 0. The number of ether oxygens (including phenoxy) is 1. The molecular formula is C30H34N2O3. The molecule has 3 aromatic carbocycles. The van der Waals surface area contributed by atoms with Gasteiger partial charge in [0, 0.05) is 37.0 Å². The predicted octanol–water partition coefficient (Wildman–Crippen LogP) is 6.19. The first kappa shape index (κ1) is 25.8. The molecule has 3 aromatic rings. The van der Waals surface area contributed by atoms with Crippen molar-refractivity contribution in [1.82, 2.24) is 0 Å². The van der Waals surface area contributed by atoms with Gasteiger partial charge in [-0.05, 0) is 52.6 Å². The number of anilines is 2. The Bertz CT molecular complexity index is 1190. The van der Waals surface area contributed by atoms with Gasteiger partial charge in [0.25, 0.3) is 0 Å². The lowest BCUT2D eigenvalue weighted by Crippen LogP contribution is -2.39. The van der Waals surface area contributed by atoms with E-state index in [1.54, 1.807) is 11.0 Å². The first-order valence-corrected chi connectivity index (χ1v) is 11.6. The minimum Gasteiger partial charge on any atom is -0.466 e. The van der Waals surface area contributed by atoms with E-state index in [0.29, 0.717) is 6.54 Å². The van der Waals surface area contributed by atoms with Gasteiger partial charge in [0.1, 0.15) is 0 Å². The van der Waals surface area contributed by atoms with E-state index in [0.717, 1.165) is 33.6 Å². The highest BCUT2D eigenvalue weighted by molar-refractivity contribution is 5.97. The summed E-state index contributed by atoms with van der Waals surface area (Å²) in [7, 11) is 5.40. The number of amides is 1. The Labute approximate surface area is 208 Å². The largest absolute Gasteiger partial charge is 0.466 e. The van der Waals surface area contributed by atoms with Gasteiger partial charge in [-0.2, -0.15) is 0 Å². The lowest BCUT2D eigenvalue weighted by Gasteiger charge is -2.30. The molecule has 5 nitrogen and oxygen atoms in total. The van der Waals surface area contributed by atoms with Crippen LogP contribution in [0.15, 0.2) is 78.9 Å². The summed E-state index contributed by atoms with van der Waals surface area (Å²) in [5.41, 5.74) is 5.51. The van der Waals surface area contributed by atoms with Crippen LogP contribution in [0, 0.1) is 5.41 Å². The Kier molecular flexibility index (Phi) is 8.13. The van der Waals surface area contributed by atoms with Crippen LogP contribution < -0.4 is 9.80 Å². The Morgan fingerprint density at radius 3 is 2.00 bits per heavy atom. The molecule has 0 unspecified atom stereocenters. The number of carbonyl (C=O) groups excluding carboxylic acids is 2. The average Bonchev–Trinajstić information content (AvgIpc) is 2.85. The molecule has 0 N–H and O–H groups in total. The molecule has 5 heteroatoms. The van der Waals surface area contributed by atoms with Crippen molar-refractivity contribution in [2.45, 2.75) is 27.3 Å². The van der Waals surface area contributed by atoms with Gasteiger partial charge in [0.05, 0.1) is 13.7 Å². The second-order valence-corrected chi connectivity index (χ2v) is 9.73. The zero-order valence-corrected chi connectivity index (χ0v) is 21.4. The van der Waals surface area contributed by atoms with Crippen molar-refractivity contribution in [3.8, 4) is 11.1 Å². The lowest BCUT2D eigenvalue weighted by molar-refractivity contribution is -0.134. The quantitative estimate of drug-likeness (QED) is 0.305. The zero-order valence-electron chi connectivity index (χ0n) is 21.4. The van der Waals surface area contributed by atoms with E-state index in [1.807, 2.05) is 59.1 Å². The van der Waals surface area contributed by atoms with E-state index in [9.17, 15) is 9.59 Å². The van der Waals surface area contributed by atoms with Gasteiger partial charge >= 0.3 is 5.97 Å². The van der Waals surface area contributed by atoms with Crippen molar-refractivity contribution in [2.75, 3.05) is 31.0 Å². The summed E-state index contributed by atoms with van der Waals surface area (Å²) in [6.07, 6.45) is 3.06. The van der Waals surface area contributed by atoms with E-state index in [-0.39, 0.29) is 5.91 Å². The maximum absolute atomic E-state index is 13.4. The topological polar surface area (TPSA) is 49.9 Å². The van der Waals surface area contributed by atoms with Crippen LogP contribution in [-0.4, -0.2) is 33.1 Å². The fraction of sp³-hybridized carbons (Fsp3) is 0.267. The molecule has 0 aliphatic heterocycles. The van der Waals surface area contributed by atoms with Crippen molar-refractivity contribution in [3.05, 3.63) is 90.0 Å². The van der Waals surface area contributed by atoms with Gasteiger partial charge in [0.15, 0.2) is 0 Å². The minimum atomic E-state index is -0.550. The first-order chi connectivity index (χ1) is 16.6. The number of hydrogen-bond acceptors (Lipinski definition) is 4. The summed E-state index contributed by atoms with van der Waals surface area (Å²) in [4.78, 5) is 28.8. The second-order valence-electron chi connectivity index (χ2n) is 9.73. The van der Waals surface area contributed by atoms with Crippen LogP contribution in [0.3, 0.4) is 0 Å². The van der Waals surface area contributed by atoms with E-state index in [4.69, 9.17) is 0 Å². The Balaban J connectivity index is 1.87. The van der Waals surface area contributed by atoms with Crippen molar-refractivity contribution in [3.63, 3.8) is 0 Å². The van der Waals surface area contributed by atoms with Crippen LogP contribution in [0.25, 0.3) is 17.2 Å². The lowest BCUT2D eigenvalue weighted by atomic mass is 9.93. The fourth-order valence-corrected chi connectivity index (χ4v) is 3.65. The average molecular weight is 471 g/mol. The molecule has 0 saturated carbocycles. The summed E-state index contributed by atoms with van der Waals surface area (Å²) in [6, 6.07) is 24.4. The van der Waals surface area contributed by atoms with Crippen molar-refractivity contribution in [1.29, 1.82) is 0 Å². The minimum absolute atomic E-state index is 0.0231. The Hall–Kier alpha value is -3.86. The molecule has 35 heavy (non-hydrogen) atoms. The summed E-state index contributed by atoms with van der Waals surface area (Å²) < 4.78 is 4.68. The van der Waals surface area contributed by atoms with E-state index < -0.39 is 11.4 Å². The summed E-state index contributed by atoms with van der Waals surface area (Å²) in [6.45, 7) is 6.21. The number of methoxy groups -OCH3 is 1. The number of nitrogens with zero attached hydrogens (tertiary/aromatic N) is 2. The third-order valence-electron chi connectivity index (χ3n) is 5.69. The molecule has 0 aromatic heterocycles. The van der Waals surface area contributed by atoms with Crippen LogP contribution in [-0.2, 0) is 20.9 Å². The highest BCUT2D eigenvalue weighted by Gasteiger charge is 2.28. The SMILES string of the molecule is COC(=O)/C=C/c1cccc(N(Cc2ccc(-c3ccc(N(C)C)cc3)cc2)C(=O)C(C)(C)C)c1. The molecule has 0 heterocycles. The normalized spacial score (nSPS) is 11.4. The van der Waals surface area contributed by atoms with E-state index in [2.05, 4.69) is 58.2 Å².